The fourth-order valence-corrected chi connectivity index (χ4v) is 11.7. The van der Waals surface area contributed by atoms with Gasteiger partial charge in [-0.3, -0.25) is 52.7 Å². The first-order valence-corrected chi connectivity index (χ1v) is 31.6. The first-order chi connectivity index (χ1) is 40.0. The molecule has 490 valence electrons. The molecular formula is C66H112N6O14. The molecule has 20 nitrogen and oxygen atoms in total. The zero-order chi connectivity index (χ0) is 66.2. The zero-order valence-corrected chi connectivity index (χ0v) is 56.1. The van der Waals surface area contributed by atoms with Crippen molar-refractivity contribution >= 4 is 70.6 Å². The van der Waals surface area contributed by atoms with E-state index in [2.05, 4.69) is 10.6 Å². The van der Waals surface area contributed by atoms with Crippen LogP contribution in [0.2, 0.25) is 0 Å². The van der Waals surface area contributed by atoms with E-state index < -0.39 is 167 Å². The van der Waals surface area contributed by atoms with Crippen LogP contribution in [0.25, 0.3) is 0 Å². The topological polar surface area (TPSA) is 271 Å². The van der Waals surface area contributed by atoms with Gasteiger partial charge in [0.2, 0.25) is 35.4 Å². The van der Waals surface area contributed by atoms with E-state index in [4.69, 9.17) is 4.74 Å². The Labute approximate surface area is 515 Å². The Morgan fingerprint density at radius 1 is 0.581 bits per heavy atom. The monoisotopic (exact) mass is 1210 g/mol. The number of likely N-dealkylation sites (N-methyl/N-ethyl adjacent to an activating group) is 4. The molecule has 0 saturated carbocycles. The average Bonchev–Trinajstić information content (AvgIpc) is 1.52. The van der Waals surface area contributed by atoms with E-state index in [-0.39, 0.29) is 82.1 Å². The highest BCUT2D eigenvalue weighted by molar-refractivity contribution is 5.99. The van der Waals surface area contributed by atoms with E-state index in [1.54, 1.807) is 61.5 Å². The summed E-state index contributed by atoms with van der Waals surface area (Å²) in [5.74, 6) is -12.1. The maximum absolute atomic E-state index is 14.9. The quantitative estimate of drug-likeness (QED) is 0.0657. The van der Waals surface area contributed by atoms with Gasteiger partial charge in [-0.25, -0.2) is 0 Å². The summed E-state index contributed by atoms with van der Waals surface area (Å²) in [6, 6.07) is -6.75. The Morgan fingerprint density at radius 3 is 1.60 bits per heavy atom. The first kappa shape index (κ1) is 78.5. The molecule has 0 spiro atoms. The molecule has 0 radical (unpaired) electrons. The lowest BCUT2D eigenvalue weighted by Crippen LogP contribution is -2.53. The molecular weight excluding hydrogens is 1100 g/mol. The molecule has 3 N–H and O–H groups in total. The number of ketones is 5. The zero-order valence-electron chi connectivity index (χ0n) is 56.1. The fourth-order valence-electron chi connectivity index (χ4n) is 11.7. The van der Waals surface area contributed by atoms with Crippen LogP contribution in [-0.4, -0.2) is 179 Å². The minimum atomic E-state index is -1.39. The Bertz CT molecular complexity index is 2320. The van der Waals surface area contributed by atoms with E-state index in [1.807, 2.05) is 54.5 Å². The third kappa shape index (κ3) is 24.2. The summed E-state index contributed by atoms with van der Waals surface area (Å²) in [4.78, 5) is 176. The van der Waals surface area contributed by atoms with Crippen LogP contribution in [0.4, 0.5) is 0 Å². The minimum Gasteiger partial charge on any atom is -0.392 e. The third-order valence-electron chi connectivity index (χ3n) is 16.9. The van der Waals surface area contributed by atoms with Crippen LogP contribution in [0.5, 0.6) is 0 Å². The van der Waals surface area contributed by atoms with Gasteiger partial charge in [0.05, 0.1) is 42.3 Å². The lowest BCUT2D eigenvalue weighted by molar-refractivity contribution is -0.148. The Kier molecular flexibility index (Phi) is 34.7. The summed E-state index contributed by atoms with van der Waals surface area (Å²) >= 11 is 0. The predicted octanol–water partition coefficient (Wildman–Crippen LogP) is 7.18. The molecule has 1 fully saturated rings. The maximum Gasteiger partial charge on any atom is 0.245 e. The van der Waals surface area contributed by atoms with Crippen LogP contribution in [0.3, 0.4) is 0 Å². The van der Waals surface area contributed by atoms with Gasteiger partial charge in [-0.2, -0.15) is 0 Å². The highest BCUT2D eigenvalue weighted by Gasteiger charge is 2.43. The van der Waals surface area contributed by atoms with Crippen molar-refractivity contribution in [2.24, 2.45) is 59.2 Å². The summed E-state index contributed by atoms with van der Waals surface area (Å²) < 4.78 is 6.04. The van der Waals surface area contributed by atoms with E-state index in [0.717, 1.165) is 6.29 Å². The van der Waals surface area contributed by atoms with Crippen LogP contribution < -0.4 is 10.6 Å². The molecule has 6 amide bonds. The highest BCUT2D eigenvalue weighted by Crippen LogP contribution is 2.30. The van der Waals surface area contributed by atoms with Crippen molar-refractivity contribution in [2.75, 3.05) is 34.8 Å². The van der Waals surface area contributed by atoms with Crippen molar-refractivity contribution in [3.8, 4) is 0 Å². The van der Waals surface area contributed by atoms with Crippen molar-refractivity contribution in [2.45, 2.75) is 243 Å². The second kappa shape index (κ2) is 38.0. The van der Waals surface area contributed by atoms with Crippen LogP contribution >= 0.6 is 0 Å². The number of allylic oxidation sites excluding steroid dienone is 2. The number of nitrogens with zero attached hydrogens (tertiary/aromatic N) is 4. The second-order valence-electron chi connectivity index (χ2n) is 26.5. The molecule has 13 atom stereocenters. The van der Waals surface area contributed by atoms with Gasteiger partial charge in [-0.05, 0) is 94.8 Å². The summed E-state index contributed by atoms with van der Waals surface area (Å²) in [5, 5.41) is 17.4. The van der Waals surface area contributed by atoms with Gasteiger partial charge in [0.15, 0.2) is 28.9 Å². The minimum absolute atomic E-state index is 0.0694. The van der Waals surface area contributed by atoms with Gasteiger partial charge >= 0.3 is 0 Å². The number of carbonyl (C=O) groups is 12. The lowest BCUT2D eigenvalue weighted by atomic mass is 9.82. The molecule has 0 aromatic carbocycles. The molecule has 1 heterocycles. The van der Waals surface area contributed by atoms with Crippen molar-refractivity contribution in [1.82, 2.24) is 30.2 Å². The second-order valence-corrected chi connectivity index (χ2v) is 26.5. The first-order valence-electron chi connectivity index (χ1n) is 31.6. The number of amides is 6. The molecule has 1 aliphatic rings. The number of aldehydes is 1. The number of nitrogens with one attached hydrogen (secondary N) is 2. The van der Waals surface area contributed by atoms with E-state index in [0.29, 0.717) is 12.8 Å². The van der Waals surface area contributed by atoms with E-state index >= 15 is 0 Å². The number of hydrogen-bond acceptors (Lipinski definition) is 14. The van der Waals surface area contributed by atoms with Crippen LogP contribution in [0.1, 0.15) is 194 Å². The number of aliphatic hydroxyl groups is 1. The molecule has 0 unspecified atom stereocenters. The molecule has 0 aromatic heterocycles. The molecule has 1 aliphatic heterocycles. The fraction of sp³-hybridized carbons (Fsp3) is 0.788. The molecule has 86 heavy (non-hydrogen) atoms. The molecule has 20 heteroatoms. The third-order valence-corrected chi connectivity index (χ3v) is 16.9. The summed E-state index contributed by atoms with van der Waals surface area (Å²) in [7, 11) is 5.84. The molecule has 0 aliphatic carbocycles. The van der Waals surface area contributed by atoms with Crippen molar-refractivity contribution in [1.29, 1.82) is 0 Å². The predicted molar refractivity (Wildman–Crippen MR) is 332 cm³/mol. The average molecular weight is 1210 g/mol. The number of carbonyl (C=O) groups excluding carboxylic acids is 12. The summed E-state index contributed by atoms with van der Waals surface area (Å²) in [5.41, 5.74) is 0. The van der Waals surface area contributed by atoms with E-state index in [1.165, 1.54) is 54.7 Å². The van der Waals surface area contributed by atoms with Crippen LogP contribution in [0.15, 0.2) is 12.2 Å². The number of unbranched alkanes of at least 4 members (excludes halogenated alkanes) is 1. The lowest BCUT2D eigenvalue weighted by Gasteiger charge is -2.36. The highest BCUT2D eigenvalue weighted by atomic mass is 16.5. The number of rotatable bonds is 19. The Morgan fingerprint density at radius 2 is 1.10 bits per heavy atom. The van der Waals surface area contributed by atoms with Gasteiger partial charge < -0.3 is 44.9 Å². The number of Topliss-reactive ketones (excluding diaryl/α,β-unsaturated/α-hetero) is 5. The summed E-state index contributed by atoms with van der Waals surface area (Å²) in [6.45, 7) is 28.3. The van der Waals surface area contributed by atoms with Crippen molar-refractivity contribution in [3.05, 3.63) is 12.2 Å². The van der Waals surface area contributed by atoms with Crippen LogP contribution in [0, 0.1) is 59.2 Å². The molecule has 0 aromatic rings. The Hall–Kier alpha value is -5.50. The SMILES string of the molecule is C/C=C/C[C@@H](C)[C@@H](O)[C@@H]1CC(=O)[C@H](C(C)C)N(C)C(=O)[C@H](CC(C)C)CC(=O)[C@H](CC(C)C)N(C)C(=O)[C@@H](C)NC(=O)[C@H](C)CC(=O)[C@H](CC(C)C)N(C)C(=O)[C@H](C(C)C)CC(=O)[C@H]([C@@H](C)OCCCC=O)N(C)C(=O)CCC(=O)[C@H](CC)NC1=O. The number of hydrogen-bond donors (Lipinski definition) is 3. The van der Waals surface area contributed by atoms with Crippen molar-refractivity contribution in [3.63, 3.8) is 0 Å². The van der Waals surface area contributed by atoms with E-state index in [9.17, 15) is 62.6 Å². The number of aliphatic hydroxyl groups excluding tert-OH is 1. The Balaban J connectivity index is 4.23. The smallest absolute Gasteiger partial charge is 0.245 e. The standard InChI is InChI=1S/C66H112N6O14/c1-21-23-26-43(13)61(80)49-37-56(77)59(42(11)12)72(20)65(84)47(31-38(3)4)35-55(76)52(33-40(7)8)69(17)64(83)45(15)67-62(81)44(14)34-54(75)51(32-39(5)6)70(18)66(85)48(41(9)10)36-57(78)60(46(16)86-30-25-24-29-73)71(19)58(79)28-27-53(74)50(22-2)68-63(49)82/h21,23,29,38-52,59-61,80H,22,24-28,30-37H2,1-20H3,(H,67,81)(H,68,82)/b23-21+/t43-,44-,45-,46-,47-,48+,49+,50+,51+,52+,59+,60+,61-/m1/s1. The summed E-state index contributed by atoms with van der Waals surface area (Å²) in [6.07, 6.45) is 1.39. The van der Waals surface area contributed by atoms with Gasteiger partial charge in [0, 0.05) is 97.5 Å². The molecule has 0 bridgehead atoms. The van der Waals surface area contributed by atoms with Gasteiger partial charge in [-0.15, -0.1) is 0 Å². The van der Waals surface area contributed by atoms with Crippen LogP contribution in [-0.2, 0) is 62.3 Å². The largest absolute Gasteiger partial charge is 0.392 e. The molecule has 1 rings (SSSR count). The van der Waals surface area contributed by atoms with Gasteiger partial charge in [0.25, 0.3) is 0 Å². The van der Waals surface area contributed by atoms with Crippen molar-refractivity contribution < 1.29 is 67.4 Å². The normalized spacial score (nSPS) is 27.1. The van der Waals surface area contributed by atoms with Gasteiger partial charge in [-0.1, -0.05) is 102 Å². The number of ether oxygens (including phenoxy) is 1. The maximum atomic E-state index is 14.9. The van der Waals surface area contributed by atoms with Gasteiger partial charge in [0.1, 0.15) is 18.4 Å². The molecule has 1 saturated heterocycles.